The van der Waals surface area contributed by atoms with Gasteiger partial charge in [-0.15, -0.1) is 0 Å². The minimum Gasteiger partial charge on any atom is -0.381 e. The van der Waals surface area contributed by atoms with Crippen LogP contribution in [0.1, 0.15) is 32.1 Å². The van der Waals surface area contributed by atoms with Crippen molar-refractivity contribution in [3.63, 3.8) is 0 Å². The Morgan fingerprint density at radius 1 is 1.19 bits per heavy atom. The molecule has 3 heterocycles. The van der Waals surface area contributed by atoms with Gasteiger partial charge in [-0.1, -0.05) is 0 Å². The van der Waals surface area contributed by atoms with Gasteiger partial charge in [0.2, 0.25) is 5.91 Å². The monoisotopic (exact) mass is 289 g/mol. The summed E-state index contributed by atoms with van der Waals surface area (Å²) >= 11 is 0. The highest BCUT2D eigenvalue weighted by atomic mass is 16.5. The van der Waals surface area contributed by atoms with Crippen LogP contribution in [0.5, 0.6) is 0 Å². The molecule has 0 unspecified atom stereocenters. The summed E-state index contributed by atoms with van der Waals surface area (Å²) in [6.45, 7) is 2.78. The molecular formula is C16H23N3O2. The van der Waals surface area contributed by atoms with Gasteiger partial charge in [0.1, 0.15) is 5.82 Å². The number of piperidine rings is 2. The topological polar surface area (TPSA) is 45.7 Å². The first-order valence-electron chi connectivity index (χ1n) is 7.82. The van der Waals surface area contributed by atoms with Gasteiger partial charge in [-0.2, -0.15) is 0 Å². The van der Waals surface area contributed by atoms with E-state index in [1.807, 2.05) is 23.2 Å². The van der Waals surface area contributed by atoms with Crippen LogP contribution in [0, 0.1) is 0 Å². The third kappa shape index (κ3) is 3.18. The maximum absolute atomic E-state index is 11.9. The fourth-order valence-corrected chi connectivity index (χ4v) is 3.12. The second-order valence-corrected chi connectivity index (χ2v) is 5.80. The van der Waals surface area contributed by atoms with E-state index in [0.717, 1.165) is 56.8 Å². The molecule has 2 aliphatic rings. The summed E-state index contributed by atoms with van der Waals surface area (Å²) in [4.78, 5) is 20.6. The van der Waals surface area contributed by atoms with E-state index in [-0.39, 0.29) is 5.91 Å². The number of hydrogen-bond acceptors (Lipinski definition) is 4. The Balaban J connectivity index is 1.65. The highest BCUT2D eigenvalue weighted by Gasteiger charge is 2.22. The molecule has 1 amide bonds. The van der Waals surface area contributed by atoms with Crippen LogP contribution in [0.15, 0.2) is 18.3 Å². The quantitative estimate of drug-likeness (QED) is 0.856. The fraction of sp³-hybridized carbons (Fsp3) is 0.625. The normalized spacial score (nSPS) is 20.9. The summed E-state index contributed by atoms with van der Waals surface area (Å²) in [6, 6.07) is 4.05. The molecule has 114 valence electrons. The van der Waals surface area contributed by atoms with Crippen LogP contribution in [0.2, 0.25) is 0 Å². The Morgan fingerprint density at radius 3 is 2.62 bits per heavy atom. The van der Waals surface area contributed by atoms with Gasteiger partial charge in [0.05, 0.1) is 18.0 Å². The van der Waals surface area contributed by atoms with E-state index in [1.165, 1.54) is 0 Å². The van der Waals surface area contributed by atoms with Crippen molar-refractivity contribution in [3.05, 3.63) is 18.3 Å². The Morgan fingerprint density at radius 2 is 2.00 bits per heavy atom. The van der Waals surface area contributed by atoms with Crippen molar-refractivity contribution < 1.29 is 9.53 Å². The van der Waals surface area contributed by atoms with Gasteiger partial charge in [-0.25, -0.2) is 4.98 Å². The number of carbonyl (C=O) groups excluding carboxylic acids is 1. The minimum absolute atomic E-state index is 0.219. The van der Waals surface area contributed by atoms with E-state index in [2.05, 4.69) is 9.88 Å². The number of anilines is 2. The van der Waals surface area contributed by atoms with Gasteiger partial charge in [0.15, 0.2) is 0 Å². The number of ether oxygens (including phenoxy) is 1. The van der Waals surface area contributed by atoms with Crippen LogP contribution < -0.4 is 9.80 Å². The molecule has 0 radical (unpaired) electrons. The van der Waals surface area contributed by atoms with E-state index in [0.29, 0.717) is 12.5 Å². The van der Waals surface area contributed by atoms with Crippen molar-refractivity contribution in [3.8, 4) is 0 Å². The summed E-state index contributed by atoms with van der Waals surface area (Å²) in [6.07, 6.45) is 7.06. The lowest BCUT2D eigenvalue weighted by atomic mass is 10.1. The highest BCUT2D eigenvalue weighted by Crippen LogP contribution is 2.24. The number of hydrogen-bond donors (Lipinski definition) is 0. The molecule has 0 aromatic carbocycles. The van der Waals surface area contributed by atoms with Gasteiger partial charge in [0.25, 0.3) is 0 Å². The molecule has 0 N–H and O–H groups in total. The highest BCUT2D eigenvalue weighted by molar-refractivity contribution is 5.93. The number of nitrogens with zero attached hydrogens (tertiary/aromatic N) is 3. The molecular weight excluding hydrogens is 266 g/mol. The van der Waals surface area contributed by atoms with E-state index in [4.69, 9.17) is 4.74 Å². The van der Waals surface area contributed by atoms with Gasteiger partial charge in [-0.3, -0.25) is 4.79 Å². The second kappa shape index (κ2) is 6.43. The second-order valence-electron chi connectivity index (χ2n) is 5.80. The summed E-state index contributed by atoms with van der Waals surface area (Å²) in [5.74, 6) is 1.22. The molecule has 0 bridgehead atoms. The number of rotatable bonds is 3. The van der Waals surface area contributed by atoms with Crippen LogP contribution in [0.25, 0.3) is 0 Å². The molecule has 3 rings (SSSR count). The number of pyridine rings is 1. The van der Waals surface area contributed by atoms with Gasteiger partial charge >= 0.3 is 0 Å². The van der Waals surface area contributed by atoms with E-state index in [1.54, 1.807) is 7.11 Å². The maximum Gasteiger partial charge on any atom is 0.227 e. The lowest BCUT2D eigenvalue weighted by molar-refractivity contribution is -0.119. The van der Waals surface area contributed by atoms with Crippen LogP contribution in [-0.4, -0.2) is 43.7 Å². The van der Waals surface area contributed by atoms with E-state index < -0.39 is 0 Å². The smallest absolute Gasteiger partial charge is 0.227 e. The average Bonchev–Trinajstić information content (AvgIpc) is 2.56. The zero-order chi connectivity index (χ0) is 14.7. The molecule has 0 spiro atoms. The lowest BCUT2D eigenvalue weighted by Gasteiger charge is -2.32. The Bertz CT molecular complexity index is 481. The van der Waals surface area contributed by atoms with Crippen molar-refractivity contribution in [2.45, 2.75) is 38.2 Å². The molecule has 0 atom stereocenters. The molecule has 2 saturated heterocycles. The van der Waals surface area contributed by atoms with Gasteiger partial charge < -0.3 is 14.5 Å². The van der Waals surface area contributed by atoms with Crippen LogP contribution >= 0.6 is 0 Å². The molecule has 21 heavy (non-hydrogen) atoms. The van der Waals surface area contributed by atoms with Crippen LogP contribution in [0.4, 0.5) is 11.5 Å². The SMILES string of the molecule is COC1CCN(c2ccc(N3CCCCC3=O)cn2)CC1. The molecule has 2 fully saturated rings. The maximum atomic E-state index is 11.9. The molecule has 1 aromatic heterocycles. The molecule has 5 heteroatoms. The summed E-state index contributed by atoms with van der Waals surface area (Å²) in [5.41, 5.74) is 0.926. The zero-order valence-corrected chi connectivity index (χ0v) is 12.6. The van der Waals surface area contributed by atoms with Crippen molar-refractivity contribution in [1.82, 2.24) is 4.98 Å². The summed E-state index contributed by atoms with van der Waals surface area (Å²) < 4.78 is 5.39. The van der Waals surface area contributed by atoms with Crippen LogP contribution in [0.3, 0.4) is 0 Å². The summed E-state index contributed by atoms with van der Waals surface area (Å²) in [5, 5.41) is 0. The van der Waals surface area contributed by atoms with Crippen molar-refractivity contribution in [2.75, 3.05) is 36.5 Å². The Kier molecular flexibility index (Phi) is 4.39. The Hall–Kier alpha value is -1.62. The predicted octanol–water partition coefficient (Wildman–Crippen LogP) is 2.21. The molecule has 2 aliphatic heterocycles. The predicted molar refractivity (Wildman–Crippen MR) is 82.7 cm³/mol. The first-order chi connectivity index (χ1) is 10.3. The molecule has 0 aliphatic carbocycles. The average molecular weight is 289 g/mol. The molecule has 5 nitrogen and oxygen atoms in total. The van der Waals surface area contributed by atoms with Gasteiger partial charge in [-0.05, 0) is 37.8 Å². The number of aromatic nitrogens is 1. The Labute approximate surface area is 125 Å². The standard InChI is InChI=1S/C16H23N3O2/c1-21-14-7-10-18(11-8-14)15-6-5-13(12-17-15)19-9-3-2-4-16(19)20/h5-6,12,14H,2-4,7-11H2,1H3. The van der Waals surface area contributed by atoms with Crippen molar-refractivity contribution >= 4 is 17.4 Å². The number of amides is 1. The largest absolute Gasteiger partial charge is 0.381 e. The summed E-state index contributed by atoms with van der Waals surface area (Å²) in [7, 11) is 1.78. The van der Waals surface area contributed by atoms with Gasteiger partial charge in [0, 0.05) is 33.2 Å². The first kappa shape index (κ1) is 14.3. The number of carbonyl (C=O) groups is 1. The van der Waals surface area contributed by atoms with E-state index >= 15 is 0 Å². The lowest BCUT2D eigenvalue weighted by Crippen LogP contribution is -2.37. The number of methoxy groups -OCH3 is 1. The first-order valence-corrected chi connectivity index (χ1v) is 7.82. The minimum atomic E-state index is 0.219. The van der Waals surface area contributed by atoms with Crippen molar-refractivity contribution in [2.24, 2.45) is 0 Å². The third-order valence-electron chi connectivity index (χ3n) is 4.47. The third-order valence-corrected chi connectivity index (χ3v) is 4.47. The zero-order valence-electron chi connectivity index (χ0n) is 12.6. The van der Waals surface area contributed by atoms with Crippen LogP contribution in [-0.2, 0) is 9.53 Å². The molecule has 0 saturated carbocycles. The molecule has 1 aromatic rings. The van der Waals surface area contributed by atoms with Crippen molar-refractivity contribution in [1.29, 1.82) is 0 Å². The van der Waals surface area contributed by atoms with E-state index in [9.17, 15) is 4.79 Å². The fourth-order valence-electron chi connectivity index (χ4n) is 3.12.